The first-order valence-corrected chi connectivity index (χ1v) is 6.35. The minimum atomic E-state index is 0.427. The monoisotopic (exact) mass is 208 g/mol. The molecule has 3 fully saturated rings. The summed E-state index contributed by atoms with van der Waals surface area (Å²) in [6.45, 7) is 3.17. The molecule has 2 aliphatic heterocycles. The maximum atomic E-state index is 12.1. The Balaban J connectivity index is 1.58. The third-order valence-electron chi connectivity index (χ3n) is 4.45. The molecule has 1 N–H and O–H groups in total. The smallest absolute Gasteiger partial charge is 0.223 e. The van der Waals surface area contributed by atoms with Gasteiger partial charge in [0.1, 0.15) is 0 Å². The molecule has 0 spiro atoms. The molecule has 3 heteroatoms. The molecular weight excluding hydrogens is 188 g/mol. The molecule has 0 aromatic rings. The van der Waals surface area contributed by atoms with E-state index in [9.17, 15) is 4.79 Å². The first kappa shape index (κ1) is 9.64. The second-order valence-corrected chi connectivity index (χ2v) is 5.36. The van der Waals surface area contributed by atoms with E-state index in [1.165, 1.54) is 25.7 Å². The molecule has 84 valence electrons. The fourth-order valence-corrected chi connectivity index (χ4v) is 3.22. The van der Waals surface area contributed by atoms with Crippen molar-refractivity contribution < 1.29 is 4.79 Å². The van der Waals surface area contributed by atoms with Gasteiger partial charge < -0.3 is 10.2 Å². The van der Waals surface area contributed by atoms with Gasteiger partial charge >= 0.3 is 0 Å². The topological polar surface area (TPSA) is 32.3 Å². The number of nitrogens with zero attached hydrogens (tertiary/aromatic N) is 1. The fourth-order valence-electron chi connectivity index (χ4n) is 3.22. The third-order valence-corrected chi connectivity index (χ3v) is 4.45. The van der Waals surface area contributed by atoms with Crippen LogP contribution in [-0.4, -0.2) is 36.5 Å². The summed E-state index contributed by atoms with van der Waals surface area (Å²) in [4.78, 5) is 14.2. The van der Waals surface area contributed by atoms with Gasteiger partial charge in [-0.15, -0.1) is 0 Å². The summed E-state index contributed by atoms with van der Waals surface area (Å²) in [6, 6.07) is 0.526. The zero-order valence-corrected chi connectivity index (χ0v) is 9.24. The van der Waals surface area contributed by atoms with Crippen LogP contribution in [0.2, 0.25) is 0 Å². The zero-order valence-electron chi connectivity index (χ0n) is 9.24. The van der Waals surface area contributed by atoms with Crippen molar-refractivity contribution in [1.29, 1.82) is 0 Å². The highest BCUT2D eigenvalue weighted by Crippen LogP contribution is 2.33. The van der Waals surface area contributed by atoms with Gasteiger partial charge in [-0.2, -0.15) is 0 Å². The minimum absolute atomic E-state index is 0.427. The average Bonchev–Trinajstić information content (AvgIpc) is 2.71. The van der Waals surface area contributed by atoms with Crippen molar-refractivity contribution in [3.8, 4) is 0 Å². The Bertz CT molecular complexity index is 262. The van der Waals surface area contributed by atoms with Crippen molar-refractivity contribution in [2.45, 2.75) is 38.1 Å². The normalized spacial score (nSPS) is 35.3. The highest BCUT2D eigenvalue weighted by atomic mass is 16.2. The molecule has 1 aliphatic carbocycles. The molecular formula is C12H20N2O. The first-order chi connectivity index (χ1) is 7.34. The second-order valence-electron chi connectivity index (χ2n) is 5.36. The van der Waals surface area contributed by atoms with Crippen molar-refractivity contribution in [2.75, 3.05) is 19.6 Å². The van der Waals surface area contributed by atoms with E-state index >= 15 is 0 Å². The maximum absolute atomic E-state index is 12.1. The number of hydrogen-bond donors (Lipinski definition) is 1. The van der Waals surface area contributed by atoms with Crippen LogP contribution in [0.4, 0.5) is 0 Å². The lowest BCUT2D eigenvalue weighted by Gasteiger charge is -2.29. The van der Waals surface area contributed by atoms with Crippen LogP contribution in [0.3, 0.4) is 0 Å². The maximum Gasteiger partial charge on any atom is 0.223 e. The Morgan fingerprint density at radius 2 is 2.13 bits per heavy atom. The summed E-state index contributed by atoms with van der Waals surface area (Å²) in [5.74, 6) is 1.89. The zero-order chi connectivity index (χ0) is 10.3. The van der Waals surface area contributed by atoms with Crippen LogP contribution in [-0.2, 0) is 4.79 Å². The lowest BCUT2D eigenvalue weighted by Crippen LogP contribution is -2.40. The number of rotatable bonds is 2. The van der Waals surface area contributed by atoms with Crippen LogP contribution < -0.4 is 5.32 Å². The van der Waals surface area contributed by atoms with Gasteiger partial charge in [-0.3, -0.25) is 4.79 Å². The molecule has 3 rings (SSSR count). The van der Waals surface area contributed by atoms with E-state index in [2.05, 4.69) is 10.2 Å². The van der Waals surface area contributed by atoms with Crippen LogP contribution in [0, 0.1) is 11.8 Å². The second kappa shape index (κ2) is 3.78. The summed E-state index contributed by atoms with van der Waals surface area (Å²) in [7, 11) is 0. The average molecular weight is 208 g/mol. The van der Waals surface area contributed by atoms with Crippen molar-refractivity contribution in [2.24, 2.45) is 11.8 Å². The molecule has 3 nitrogen and oxygen atoms in total. The number of nitrogens with one attached hydrogen (secondary N) is 1. The van der Waals surface area contributed by atoms with Crippen LogP contribution in [0.15, 0.2) is 0 Å². The lowest BCUT2D eigenvalue weighted by molar-refractivity contribution is -0.133. The molecule has 0 aromatic carbocycles. The van der Waals surface area contributed by atoms with Crippen molar-refractivity contribution in [3.05, 3.63) is 0 Å². The Hall–Kier alpha value is -0.570. The molecule has 1 saturated carbocycles. The van der Waals surface area contributed by atoms with Gasteiger partial charge in [0.2, 0.25) is 5.91 Å². The molecule has 0 bridgehead atoms. The van der Waals surface area contributed by atoms with E-state index < -0.39 is 0 Å². The van der Waals surface area contributed by atoms with Gasteiger partial charge in [-0.1, -0.05) is 6.42 Å². The molecule has 0 radical (unpaired) electrons. The minimum Gasteiger partial charge on any atom is -0.338 e. The first-order valence-electron chi connectivity index (χ1n) is 6.35. The molecule has 0 unspecified atom stereocenters. The van der Waals surface area contributed by atoms with Crippen LogP contribution in [0.5, 0.6) is 0 Å². The lowest BCUT2D eigenvalue weighted by atomic mass is 9.82. The molecule has 2 saturated heterocycles. The van der Waals surface area contributed by atoms with E-state index in [1.54, 1.807) is 0 Å². The van der Waals surface area contributed by atoms with E-state index in [-0.39, 0.29) is 0 Å². The Morgan fingerprint density at radius 1 is 1.27 bits per heavy atom. The van der Waals surface area contributed by atoms with E-state index in [0.717, 1.165) is 32.0 Å². The molecule has 0 aromatic heterocycles. The molecule has 1 amide bonds. The Kier molecular flexibility index (Phi) is 2.43. The predicted octanol–water partition coefficient (Wildman–Crippen LogP) is 0.997. The van der Waals surface area contributed by atoms with E-state index in [4.69, 9.17) is 0 Å². The van der Waals surface area contributed by atoms with Gasteiger partial charge in [-0.05, 0) is 31.1 Å². The van der Waals surface area contributed by atoms with E-state index in [1.807, 2.05) is 0 Å². The number of hydrogen-bond acceptors (Lipinski definition) is 2. The molecule has 3 aliphatic rings. The summed E-state index contributed by atoms with van der Waals surface area (Å²) >= 11 is 0. The van der Waals surface area contributed by atoms with Gasteiger partial charge in [0.05, 0.1) is 0 Å². The number of likely N-dealkylation sites (tertiary alicyclic amines) is 1. The Morgan fingerprint density at radius 3 is 2.87 bits per heavy atom. The summed E-state index contributed by atoms with van der Waals surface area (Å²) in [5.41, 5.74) is 0. The summed E-state index contributed by atoms with van der Waals surface area (Å²) < 4.78 is 0. The van der Waals surface area contributed by atoms with Crippen LogP contribution in [0.25, 0.3) is 0 Å². The van der Waals surface area contributed by atoms with Gasteiger partial charge in [0.15, 0.2) is 0 Å². The Labute approximate surface area is 91.2 Å². The van der Waals surface area contributed by atoms with Crippen molar-refractivity contribution >= 4 is 5.91 Å². The highest BCUT2D eigenvalue weighted by Gasteiger charge is 2.40. The molecule has 2 heterocycles. The van der Waals surface area contributed by atoms with Crippen molar-refractivity contribution in [1.82, 2.24) is 10.2 Å². The van der Waals surface area contributed by atoms with Gasteiger partial charge in [0, 0.05) is 32.1 Å². The predicted molar refractivity (Wildman–Crippen MR) is 58.4 cm³/mol. The summed E-state index contributed by atoms with van der Waals surface area (Å²) in [6.07, 6.45) is 5.95. The van der Waals surface area contributed by atoms with Gasteiger partial charge in [0.25, 0.3) is 0 Å². The van der Waals surface area contributed by atoms with E-state index in [0.29, 0.717) is 17.9 Å². The highest BCUT2D eigenvalue weighted by molar-refractivity contribution is 5.77. The number of carbonyl (C=O) groups excluding carboxylic acids is 1. The quantitative estimate of drug-likeness (QED) is 0.734. The number of carbonyl (C=O) groups is 1. The molecule has 15 heavy (non-hydrogen) atoms. The number of fused-ring (bicyclic) bond motifs is 1. The standard InChI is InChI=1S/C12H20N2O/c15-12(6-9-2-1-3-9)14-5-4-10-7-13-8-11(10)14/h9-11,13H,1-8H2/t10-,11+/m0/s1. The SMILES string of the molecule is O=C(CC1CCC1)N1CC[C@H]2CNC[C@H]21. The fraction of sp³-hybridized carbons (Fsp3) is 0.917. The summed E-state index contributed by atoms with van der Waals surface area (Å²) in [5, 5.41) is 3.40. The van der Waals surface area contributed by atoms with Crippen LogP contribution in [0.1, 0.15) is 32.1 Å². The van der Waals surface area contributed by atoms with Crippen molar-refractivity contribution in [3.63, 3.8) is 0 Å². The van der Waals surface area contributed by atoms with Crippen LogP contribution >= 0.6 is 0 Å². The third kappa shape index (κ3) is 1.67. The largest absolute Gasteiger partial charge is 0.338 e. The number of amides is 1. The molecule has 2 atom stereocenters. The van der Waals surface area contributed by atoms with Gasteiger partial charge in [-0.25, -0.2) is 0 Å².